The minimum atomic E-state index is -0.890. The number of carbonyl (C=O) groups excluding carboxylic acids is 2. The maximum Gasteiger partial charge on any atom is 0.290 e. The molecule has 0 saturated heterocycles. The molecule has 2 rings (SSSR count). The summed E-state index contributed by atoms with van der Waals surface area (Å²) in [5, 5.41) is 28.4. The van der Waals surface area contributed by atoms with Gasteiger partial charge in [-0.05, 0) is 24.6 Å². The third kappa shape index (κ3) is 2.35. The van der Waals surface area contributed by atoms with E-state index in [4.69, 9.17) is 10.00 Å². The van der Waals surface area contributed by atoms with Gasteiger partial charge >= 0.3 is 0 Å². The lowest BCUT2D eigenvalue weighted by Gasteiger charge is -2.24. The van der Waals surface area contributed by atoms with Gasteiger partial charge in [0, 0.05) is 0 Å². The van der Waals surface area contributed by atoms with Gasteiger partial charge in [0.05, 0.1) is 24.8 Å². The number of aliphatic hydroxyl groups is 1. The van der Waals surface area contributed by atoms with Crippen LogP contribution in [-0.2, 0) is 9.59 Å². The van der Waals surface area contributed by atoms with Crippen LogP contribution in [0.2, 0.25) is 0 Å². The molecule has 0 fully saturated rings. The zero-order chi connectivity index (χ0) is 16.4. The standard InChI is InChI=1S/C15H14N2O5/c1-8(18)12-13(17(6-5-16)15(21)14(12)20)9-3-4-10(19)11(7-9)22-2/h3-4,7,13,19-20H,6H2,1-2H3/t13-/m1/s1. The van der Waals surface area contributed by atoms with E-state index in [1.165, 1.54) is 32.2 Å². The molecule has 1 amide bonds. The predicted octanol–water partition coefficient (Wildman–Crippen LogP) is 1.21. The summed E-state index contributed by atoms with van der Waals surface area (Å²) in [4.78, 5) is 24.9. The van der Waals surface area contributed by atoms with Crippen LogP contribution in [0, 0.1) is 11.3 Å². The second-order valence-corrected chi connectivity index (χ2v) is 4.74. The van der Waals surface area contributed by atoms with Gasteiger partial charge in [0.25, 0.3) is 5.91 Å². The fourth-order valence-electron chi connectivity index (χ4n) is 2.46. The smallest absolute Gasteiger partial charge is 0.290 e. The Hall–Kier alpha value is -3.01. The molecule has 1 aliphatic heterocycles. The first-order chi connectivity index (χ1) is 10.4. The maximum absolute atomic E-state index is 12.0. The molecule has 0 unspecified atom stereocenters. The number of ketones is 1. The zero-order valence-corrected chi connectivity index (χ0v) is 12.0. The molecule has 1 aromatic rings. The minimum Gasteiger partial charge on any atom is -0.504 e. The molecule has 2 N–H and O–H groups in total. The molecule has 1 aliphatic rings. The quantitative estimate of drug-likeness (QED) is 0.809. The molecule has 0 radical (unpaired) electrons. The van der Waals surface area contributed by atoms with Crippen molar-refractivity contribution in [3.63, 3.8) is 0 Å². The van der Waals surface area contributed by atoms with Gasteiger partial charge in [-0.15, -0.1) is 0 Å². The van der Waals surface area contributed by atoms with Gasteiger partial charge in [0.1, 0.15) is 6.54 Å². The van der Waals surface area contributed by atoms with Crippen molar-refractivity contribution in [2.45, 2.75) is 13.0 Å². The van der Waals surface area contributed by atoms with Crippen molar-refractivity contribution in [2.75, 3.05) is 13.7 Å². The van der Waals surface area contributed by atoms with Crippen LogP contribution in [0.15, 0.2) is 29.5 Å². The topological polar surface area (TPSA) is 111 Å². The number of Topliss-reactive ketones (excluding diaryl/α,β-unsaturated/α-hetero) is 1. The molecular weight excluding hydrogens is 288 g/mol. The second-order valence-electron chi connectivity index (χ2n) is 4.74. The van der Waals surface area contributed by atoms with Gasteiger partial charge < -0.3 is 19.8 Å². The van der Waals surface area contributed by atoms with Crippen molar-refractivity contribution in [3.8, 4) is 17.6 Å². The lowest BCUT2D eigenvalue weighted by molar-refractivity contribution is -0.128. The van der Waals surface area contributed by atoms with E-state index >= 15 is 0 Å². The number of aliphatic hydroxyl groups excluding tert-OH is 1. The summed E-state index contributed by atoms with van der Waals surface area (Å²) in [7, 11) is 1.37. The Bertz CT molecular complexity index is 717. The number of benzene rings is 1. The van der Waals surface area contributed by atoms with E-state index in [9.17, 15) is 19.8 Å². The highest BCUT2D eigenvalue weighted by atomic mass is 16.5. The van der Waals surface area contributed by atoms with Gasteiger partial charge in [-0.3, -0.25) is 9.59 Å². The number of phenols is 1. The maximum atomic E-state index is 12.0. The molecule has 22 heavy (non-hydrogen) atoms. The van der Waals surface area contributed by atoms with E-state index in [2.05, 4.69) is 0 Å². The summed E-state index contributed by atoms with van der Waals surface area (Å²) < 4.78 is 5.01. The number of carbonyl (C=O) groups is 2. The van der Waals surface area contributed by atoms with E-state index in [0.29, 0.717) is 5.56 Å². The largest absolute Gasteiger partial charge is 0.504 e. The Kier molecular flexibility index (Phi) is 4.04. The summed E-state index contributed by atoms with van der Waals surface area (Å²) in [6, 6.07) is 5.26. The van der Waals surface area contributed by atoms with Crippen molar-refractivity contribution < 1.29 is 24.5 Å². The normalized spacial score (nSPS) is 17.6. The molecule has 0 aliphatic carbocycles. The van der Waals surface area contributed by atoms with Crippen molar-refractivity contribution in [1.82, 2.24) is 4.90 Å². The Morgan fingerprint density at radius 3 is 2.68 bits per heavy atom. The molecular formula is C15H14N2O5. The Labute approximate surface area is 126 Å². The highest BCUT2D eigenvalue weighted by Crippen LogP contribution is 2.40. The minimum absolute atomic E-state index is 0.0759. The first-order valence-electron chi connectivity index (χ1n) is 6.41. The molecule has 0 saturated carbocycles. The molecule has 7 nitrogen and oxygen atoms in total. The van der Waals surface area contributed by atoms with Gasteiger partial charge in [-0.1, -0.05) is 6.07 Å². The molecule has 7 heteroatoms. The van der Waals surface area contributed by atoms with Crippen LogP contribution in [0.5, 0.6) is 11.5 Å². The average Bonchev–Trinajstić information content (AvgIpc) is 2.73. The third-order valence-corrected chi connectivity index (χ3v) is 3.44. The average molecular weight is 302 g/mol. The summed E-state index contributed by atoms with van der Waals surface area (Å²) in [5.74, 6) is -1.83. The first-order valence-corrected chi connectivity index (χ1v) is 6.41. The Balaban J connectivity index is 2.60. The number of hydrogen-bond acceptors (Lipinski definition) is 6. The van der Waals surface area contributed by atoms with Gasteiger partial charge in [0.15, 0.2) is 23.0 Å². The monoisotopic (exact) mass is 302 g/mol. The summed E-state index contributed by atoms with van der Waals surface area (Å²) in [6.45, 7) is 0.951. The van der Waals surface area contributed by atoms with Crippen LogP contribution >= 0.6 is 0 Å². The van der Waals surface area contributed by atoms with Gasteiger partial charge in [-0.2, -0.15) is 5.26 Å². The third-order valence-electron chi connectivity index (χ3n) is 3.44. The fourth-order valence-corrected chi connectivity index (χ4v) is 2.46. The zero-order valence-electron chi connectivity index (χ0n) is 12.0. The van der Waals surface area contributed by atoms with Crippen molar-refractivity contribution in [3.05, 3.63) is 35.1 Å². The Morgan fingerprint density at radius 2 is 2.14 bits per heavy atom. The molecule has 1 aromatic carbocycles. The molecule has 0 aromatic heterocycles. The van der Waals surface area contributed by atoms with Crippen LogP contribution < -0.4 is 4.74 Å². The van der Waals surface area contributed by atoms with Crippen LogP contribution in [0.25, 0.3) is 0 Å². The van der Waals surface area contributed by atoms with Crippen molar-refractivity contribution in [1.29, 1.82) is 5.26 Å². The first kappa shape index (κ1) is 15.4. The van der Waals surface area contributed by atoms with E-state index < -0.39 is 23.5 Å². The van der Waals surface area contributed by atoms with Crippen LogP contribution in [-0.4, -0.2) is 40.5 Å². The number of amides is 1. The number of aromatic hydroxyl groups is 1. The molecule has 1 heterocycles. The summed E-state index contributed by atoms with van der Waals surface area (Å²) in [6.07, 6.45) is 0. The van der Waals surface area contributed by atoms with Crippen molar-refractivity contribution in [2.24, 2.45) is 0 Å². The second kappa shape index (κ2) is 5.77. The number of nitriles is 1. The number of methoxy groups -OCH3 is 1. The number of phenolic OH excluding ortho intramolecular Hbond substituents is 1. The lowest BCUT2D eigenvalue weighted by Crippen LogP contribution is -2.31. The van der Waals surface area contributed by atoms with Gasteiger partial charge in [-0.25, -0.2) is 0 Å². The number of rotatable bonds is 4. The van der Waals surface area contributed by atoms with E-state index in [-0.39, 0.29) is 23.6 Å². The highest BCUT2D eigenvalue weighted by molar-refractivity contribution is 6.08. The van der Waals surface area contributed by atoms with Gasteiger partial charge in [0.2, 0.25) is 0 Å². The number of nitrogens with zero attached hydrogens (tertiary/aromatic N) is 2. The molecule has 0 spiro atoms. The SMILES string of the molecule is COc1cc([C@@H]2C(C(C)=O)=C(O)C(=O)N2CC#N)ccc1O. The number of hydrogen-bond donors (Lipinski definition) is 2. The van der Waals surface area contributed by atoms with Crippen LogP contribution in [0.3, 0.4) is 0 Å². The fraction of sp³-hybridized carbons (Fsp3) is 0.267. The highest BCUT2D eigenvalue weighted by Gasteiger charge is 2.42. The van der Waals surface area contributed by atoms with Crippen LogP contribution in [0.4, 0.5) is 0 Å². The van der Waals surface area contributed by atoms with Crippen molar-refractivity contribution >= 4 is 11.7 Å². The molecule has 114 valence electrons. The molecule has 0 bridgehead atoms. The molecule has 1 atom stereocenters. The Morgan fingerprint density at radius 1 is 1.45 bits per heavy atom. The van der Waals surface area contributed by atoms with E-state index in [0.717, 1.165) is 4.90 Å². The van der Waals surface area contributed by atoms with E-state index in [1.807, 2.05) is 6.07 Å². The van der Waals surface area contributed by atoms with E-state index in [1.54, 1.807) is 0 Å². The summed E-state index contributed by atoms with van der Waals surface area (Å²) >= 11 is 0. The number of ether oxygens (including phenoxy) is 1. The predicted molar refractivity (Wildman–Crippen MR) is 75.1 cm³/mol. The lowest BCUT2D eigenvalue weighted by atomic mass is 9.96. The van der Waals surface area contributed by atoms with Crippen LogP contribution in [0.1, 0.15) is 18.5 Å². The summed E-state index contributed by atoms with van der Waals surface area (Å²) in [5.41, 5.74) is 0.375.